The van der Waals surface area contributed by atoms with Crippen molar-refractivity contribution in [1.29, 1.82) is 0 Å². The zero-order valence-corrected chi connectivity index (χ0v) is 11.6. The minimum absolute atomic E-state index is 0.137. The molecule has 1 heterocycles. The molecule has 1 atom stereocenters. The molecule has 0 saturated heterocycles. The molecule has 2 N–H and O–H groups in total. The number of hydrogen-bond acceptors (Lipinski definition) is 4. The zero-order chi connectivity index (χ0) is 13.1. The van der Waals surface area contributed by atoms with Crippen molar-refractivity contribution >= 4 is 22.4 Å². The van der Waals surface area contributed by atoms with Crippen molar-refractivity contribution in [3.05, 3.63) is 11.1 Å². The Morgan fingerprint density at radius 3 is 2.76 bits per heavy atom. The molecule has 1 rings (SSSR count). The number of aromatic nitrogens is 1. The maximum absolute atomic E-state index is 10.4. The molecule has 1 aromatic heterocycles. The van der Waals surface area contributed by atoms with Gasteiger partial charge in [-0.05, 0) is 12.3 Å². The standard InChI is InChI=1S/C12H20N2O2S/c1-8(12(2,3)4)13-11-14-9(7-17-11)5-6-10(15)16/h7-8H,5-6H2,1-4H3,(H,13,14)(H,15,16). The second-order valence-electron chi connectivity index (χ2n) is 5.27. The first-order valence-electron chi connectivity index (χ1n) is 5.72. The molecule has 1 aromatic rings. The van der Waals surface area contributed by atoms with Crippen molar-refractivity contribution in [1.82, 2.24) is 4.98 Å². The van der Waals surface area contributed by atoms with Gasteiger partial charge in [0, 0.05) is 17.8 Å². The molecule has 5 heteroatoms. The highest BCUT2D eigenvalue weighted by Crippen LogP contribution is 2.24. The van der Waals surface area contributed by atoms with E-state index < -0.39 is 5.97 Å². The molecule has 0 aromatic carbocycles. The van der Waals surface area contributed by atoms with Gasteiger partial charge in [-0.2, -0.15) is 0 Å². The van der Waals surface area contributed by atoms with Crippen LogP contribution in [0.4, 0.5) is 5.13 Å². The molecule has 0 aliphatic heterocycles. The molecule has 1 unspecified atom stereocenters. The van der Waals surface area contributed by atoms with E-state index in [-0.39, 0.29) is 11.8 Å². The van der Waals surface area contributed by atoms with Gasteiger partial charge in [-0.3, -0.25) is 4.79 Å². The van der Waals surface area contributed by atoms with Gasteiger partial charge in [0.05, 0.1) is 12.1 Å². The number of hydrogen-bond donors (Lipinski definition) is 2. The van der Waals surface area contributed by atoms with Crippen LogP contribution in [0.25, 0.3) is 0 Å². The Bertz CT molecular complexity index is 382. The van der Waals surface area contributed by atoms with Crippen molar-refractivity contribution < 1.29 is 9.90 Å². The van der Waals surface area contributed by atoms with E-state index in [1.54, 1.807) is 0 Å². The second-order valence-corrected chi connectivity index (χ2v) is 6.13. The largest absolute Gasteiger partial charge is 0.481 e. The molecule has 0 bridgehead atoms. The first-order chi connectivity index (χ1) is 7.79. The highest BCUT2D eigenvalue weighted by molar-refractivity contribution is 7.13. The van der Waals surface area contributed by atoms with Crippen molar-refractivity contribution in [3.8, 4) is 0 Å². The molecule has 96 valence electrons. The first-order valence-corrected chi connectivity index (χ1v) is 6.59. The zero-order valence-electron chi connectivity index (χ0n) is 10.8. The molecular formula is C12H20N2O2S. The van der Waals surface area contributed by atoms with Crippen LogP contribution in [0, 0.1) is 5.41 Å². The Kier molecular flexibility index (Phi) is 4.51. The van der Waals surface area contributed by atoms with Crippen LogP contribution < -0.4 is 5.32 Å². The first kappa shape index (κ1) is 14.0. The predicted molar refractivity (Wildman–Crippen MR) is 70.6 cm³/mol. The van der Waals surface area contributed by atoms with E-state index in [1.807, 2.05) is 5.38 Å². The molecule has 4 nitrogen and oxygen atoms in total. The summed E-state index contributed by atoms with van der Waals surface area (Å²) in [5.74, 6) is -0.782. The quantitative estimate of drug-likeness (QED) is 0.850. The van der Waals surface area contributed by atoms with Crippen LogP contribution in [-0.4, -0.2) is 22.1 Å². The Hall–Kier alpha value is -1.10. The predicted octanol–water partition coefficient (Wildman–Crippen LogP) is 3.01. The van der Waals surface area contributed by atoms with E-state index >= 15 is 0 Å². The fraction of sp³-hybridized carbons (Fsp3) is 0.667. The van der Waals surface area contributed by atoms with Crippen LogP contribution in [0.15, 0.2) is 5.38 Å². The average molecular weight is 256 g/mol. The molecule has 0 aliphatic carbocycles. The summed E-state index contributed by atoms with van der Waals surface area (Å²) in [6.45, 7) is 8.63. The Morgan fingerprint density at radius 2 is 2.24 bits per heavy atom. The van der Waals surface area contributed by atoms with Crippen LogP contribution in [-0.2, 0) is 11.2 Å². The number of thiazole rings is 1. The normalized spacial score (nSPS) is 13.4. The smallest absolute Gasteiger partial charge is 0.303 e. The van der Waals surface area contributed by atoms with Crippen molar-refractivity contribution in [2.24, 2.45) is 5.41 Å². The number of nitrogens with zero attached hydrogens (tertiary/aromatic N) is 1. The number of rotatable bonds is 5. The maximum Gasteiger partial charge on any atom is 0.303 e. The monoisotopic (exact) mass is 256 g/mol. The third kappa shape index (κ3) is 4.73. The molecule has 0 amide bonds. The van der Waals surface area contributed by atoms with Gasteiger partial charge in [0.2, 0.25) is 0 Å². The molecule has 0 fully saturated rings. The van der Waals surface area contributed by atoms with Crippen molar-refractivity contribution in [3.63, 3.8) is 0 Å². The van der Waals surface area contributed by atoms with Gasteiger partial charge in [-0.25, -0.2) is 4.98 Å². The molecule has 0 spiro atoms. The lowest BCUT2D eigenvalue weighted by Gasteiger charge is -2.27. The van der Waals surface area contributed by atoms with Crippen LogP contribution >= 0.6 is 11.3 Å². The number of aliphatic carboxylic acids is 1. The molecule has 0 radical (unpaired) electrons. The van der Waals surface area contributed by atoms with E-state index in [0.717, 1.165) is 10.8 Å². The minimum atomic E-state index is -0.782. The van der Waals surface area contributed by atoms with Crippen LogP contribution in [0.2, 0.25) is 0 Å². The maximum atomic E-state index is 10.4. The van der Waals surface area contributed by atoms with Crippen LogP contribution in [0.3, 0.4) is 0 Å². The third-order valence-electron chi connectivity index (χ3n) is 2.79. The topological polar surface area (TPSA) is 62.2 Å². The summed E-state index contributed by atoms with van der Waals surface area (Å²) in [6.07, 6.45) is 0.634. The number of carboxylic acid groups (broad SMARTS) is 1. The highest BCUT2D eigenvalue weighted by atomic mass is 32.1. The lowest BCUT2D eigenvalue weighted by Crippen LogP contribution is -2.30. The van der Waals surface area contributed by atoms with E-state index in [0.29, 0.717) is 12.5 Å². The van der Waals surface area contributed by atoms with Gasteiger partial charge >= 0.3 is 5.97 Å². The SMILES string of the molecule is CC(Nc1nc(CCC(=O)O)cs1)C(C)(C)C. The second kappa shape index (κ2) is 5.49. The van der Waals surface area contributed by atoms with Gasteiger partial charge in [0.1, 0.15) is 0 Å². The third-order valence-corrected chi connectivity index (χ3v) is 3.61. The van der Waals surface area contributed by atoms with Crippen LogP contribution in [0.1, 0.15) is 39.8 Å². The lowest BCUT2D eigenvalue weighted by atomic mass is 9.88. The fourth-order valence-electron chi connectivity index (χ4n) is 1.12. The number of carboxylic acids is 1. The van der Waals surface area contributed by atoms with Crippen molar-refractivity contribution in [2.75, 3.05) is 5.32 Å². The Morgan fingerprint density at radius 1 is 1.59 bits per heavy atom. The number of nitrogens with one attached hydrogen (secondary N) is 1. The van der Waals surface area contributed by atoms with Gasteiger partial charge in [0.15, 0.2) is 5.13 Å². The van der Waals surface area contributed by atoms with E-state index in [1.165, 1.54) is 11.3 Å². The summed E-state index contributed by atoms with van der Waals surface area (Å²) in [5, 5.41) is 14.7. The average Bonchev–Trinajstić information content (AvgIpc) is 2.61. The fourth-order valence-corrected chi connectivity index (χ4v) is 1.96. The summed E-state index contributed by atoms with van der Waals surface area (Å²) in [5.41, 5.74) is 1.02. The number of aryl methyl sites for hydroxylation is 1. The molecule has 0 saturated carbocycles. The summed E-state index contributed by atoms with van der Waals surface area (Å²) in [6, 6.07) is 0.320. The van der Waals surface area contributed by atoms with E-state index in [9.17, 15) is 4.79 Å². The summed E-state index contributed by atoms with van der Waals surface area (Å²) in [4.78, 5) is 14.8. The van der Waals surface area contributed by atoms with E-state index in [2.05, 4.69) is 38.0 Å². The van der Waals surface area contributed by atoms with E-state index in [4.69, 9.17) is 5.11 Å². The minimum Gasteiger partial charge on any atom is -0.481 e. The number of anilines is 1. The van der Waals surface area contributed by atoms with Crippen LogP contribution in [0.5, 0.6) is 0 Å². The lowest BCUT2D eigenvalue weighted by molar-refractivity contribution is -0.136. The van der Waals surface area contributed by atoms with Gasteiger partial charge in [0.25, 0.3) is 0 Å². The molecule has 17 heavy (non-hydrogen) atoms. The highest BCUT2D eigenvalue weighted by Gasteiger charge is 2.20. The van der Waals surface area contributed by atoms with Gasteiger partial charge in [-0.15, -0.1) is 11.3 Å². The Labute approximate surface area is 106 Å². The van der Waals surface area contributed by atoms with Crippen molar-refractivity contribution in [2.45, 2.75) is 46.6 Å². The molecular weight excluding hydrogens is 236 g/mol. The van der Waals surface area contributed by atoms with Gasteiger partial charge in [-0.1, -0.05) is 20.8 Å². The number of carbonyl (C=O) groups is 1. The molecule has 0 aliphatic rings. The summed E-state index contributed by atoms with van der Waals surface area (Å²) in [7, 11) is 0. The van der Waals surface area contributed by atoms with Gasteiger partial charge < -0.3 is 10.4 Å². The Balaban J connectivity index is 2.54. The summed E-state index contributed by atoms with van der Waals surface area (Å²) >= 11 is 1.53. The summed E-state index contributed by atoms with van der Waals surface area (Å²) < 4.78 is 0.